The molecule has 5 nitrogen and oxygen atoms in total. The SMILES string of the molecule is OC1OC[C@@H](O)[C@H](O)[C@H]1O.[Au]. The molecule has 0 aromatic carbocycles. The third-order valence-electron chi connectivity index (χ3n) is 1.47. The Hall–Kier alpha value is 0.540. The Bertz CT molecular complexity index is 107. The molecule has 0 spiro atoms. The van der Waals surface area contributed by atoms with Crippen molar-refractivity contribution in [2.45, 2.75) is 24.6 Å². The van der Waals surface area contributed by atoms with Crippen LogP contribution in [0.2, 0.25) is 0 Å². The number of ether oxygens (including phenoxy) is 1. The van der Waals surface area contributed by atoms with Gasteiger partial charge in [-0.2, -0.15) is 0 Å². The Kier molecular flexibility index (Phi) is 4.76. The minimum Gasteiger partial charge on any atom is -0.388 e. The maximum atomic E-state index is 8.88. The summed E-state index contributed by atoms with van der Waals surface area (Å²) in [7, 11) is 0. The van der Waals surface area contributed by atoms with Gasteiger partial charge in [-0.15, -0.1) is 0 Å². The van der Waals surface area contributed by atoms with Crippen molar-refractivity contribution < 1.29 is 47.5 Å². The average molecular weight is 347 g/mol. The van der Waals surface area contributed by atoms with Crippen LogP contribution in [-0.4, -0.2) is 51.6 Å². The Morgan fingerprint density at radius 2 is 1.55 bits per heavy atom. The van der Waals surface area contributed by atoms with Crippen molar-refractivity contribution in [1.29, 1.82) is 0 Å². The minimum absolute atomic E-state index is 0. The zero-order valence-corrected chi connectivity index (χ0v) is 7.68. The van der Waals surface area contributed by atoms with Crippen LogP contribution in [0.4, 0.5) is 0 Å². The second-order valence-electron chi connectivity index (χ2n) is 2.27. The molecular weight excluding hydrogens is 337 g/mol. The molecule has 0 amide bonds. The molecule has 1 radical (unpaired) electrons. The van der Waals surface area contributed by atoms with E-state index in [1.54, 1.807) is 0 Å². The van der Waals surface area contributed by atoms with Gasteiger partial charge in [0.2, 0.25) is 0 Å². The topological polar surface area (TPSA) is 90.2 Å². The number of hydrogen-bond donors (Lipinski definition) is 4. The maximum absolute atomic E-state index is 8.88. The first-order valence-electron chi connectivity index (χ1n) is 2.97. The van der Waals surface area contributed by atoms with Gasteiger partial charge in [0.1, 0.15) is 18.3 Å². The van der Waals surface area contributed by atoms with E-state index in [1.165, 1.54) is 0 Å². The van der Waals surface area contributed by atoms with Gasteiger partial charge in [-0.1, -0.05) is 0 Å². The molecule has 0 saturated carbocycles. The molecule has 0 aromatic heterocycles. The summed E-state index contributed by atoms with van der Waals surface area (Å²) in [6, 6.07) is 0. The summed E-state index contributed by atoms with van der Waals surface area (Å²) >= 11 is 0. The van der Waals surface area contributed by atoms with Gasteiger partial charge in [0.25, 0.3) is 0 Å². The zero-order valence-electron chi connectivity index (χ0n) is 5.52. The van der Waals surface area contributed by atoms with E-state index in [0.717, 1.165) is 0 Å². The molecule has 0 aliphatic carbocycles. The van der Waals surface area contributed by atoms with Gasteiger partial charge < -0.3 is 25.2 Å². The Balaban J connectivity index is 0.000001000. The predicted octanol–water partition coefficient (Wildman–Crippen LogP) is -2.58. The molecule has 1 fully saturated rings. The molecule has 71 valence electrons. The average Bonchev–Trinajstić information content (AvgIpc) is 1.93. The zero-order chi connectivity index (χ0) is 7.72. The van der Waals surface area contributed by atoms with E-state index in [2.05, 4.69) is 4.74 Å². The summed E-state index contributed by atoms with van der Waals surface area (Å²) in [5.74, 6) is 0. The number of aliphatic hydroxyl groups excluding tert-OH is 4. The molecule has 1 saturated heterocycles. The fourth-order valence-corrected chi connectivity index (χ4v) is 0.791. The van der Waals surface area contributed by atoms with E-state index in [9.17, 15) is 0 Å². The van der Waals surface area contributed by atoms with Crippen LogP contribution in [0.5, 0.6) is 0 Å². The van der Waals surface area contributed by atoms with E-state index < -0.39 is 24.6 Å². The molecule has 1 aliphatic heterocycles. The smallest absolute Gasteiger partial charge is 0.183 e. The number of aliphatic hydroxyl groups is 4. The Morgan fingerprint density at radius 3 is 2.00 bits per heavy atom. The summed E-state index contributed by atoms with van der Waals surface area (Å²) in [6.07, 6.45) is -5.23. The van der Waals surface area contributed by atoms with Crippen molar-refractivity contribution in [3.05, 3.63) is 0 Å². The summed E-state index contributed by atoms with van der Waals surface area (Å²) in [5, 5.41) is 35.3. The van der Waals surface area contributed by atoms with Crippen LogP contribution in [0, 0.1) is 0 Å². The Labute approximate surface area is 79.1 Å². The van der Waals surface area contributed by atoms with Crippen LogP contribution in [0.25, 0.3) is 0 Å². The predicted molar refractivity (Wildman–Crippen MR) is 30.0 cm³/mol. The minimum atomic E-state index is -1.41. The van der Waals surface area contributed by atoms with Gasteiger partial charge in [0.15, 0.2) is 6.29 Å². The molecule has 4 N–H and O–H groups in total. The maximum Gasteiger partial charge on any atom is 0.183 e. The quantitative estimate of drug-likeness (QED) is 0.362. The molecule has 0 aromatic rings. The van der Waals surface area contributed by atoms with Gasteiger partial charge >= 0.3 is 0 Å². The summed E-state index contributed by atoms with van der Waals surface area (Å²) < 4.78 is 4.47. The van der Waals surface area contributed by atoms with Crippen molar-refractivity contribution in [3.63, 3.8) is 0 Å². The van der Waals surface area contributed by atoms with Gasteiger partial charge in [0, 0.05) is 22.4 Å². The van der Waals surface area contributed by atoms with Crippen molar-refractivity contribution in [1.82, 2.24) is 0 Å². The molecule has 1 aliphatic rings. The van der Waals surface area contributed by atoms with Crippen LogP contribution in [0.15, 0.2) is 0 Å². The van der Waals surface area contributed by atoms with Crippen molar-refractivity contribution in [3.8, 4) is 0 Å². The fraction of sp³-hybridized carbons (Fsp3) is 1.00. The molecule has 1 heterocycles. The molecular formula is C5H10AuO5. The standard InChI is InChI=1S/C5H10O5.Au/c6-2-1-10-5(9)4(8)3(2)7;/h2-9H,1H2;/t2-,3+,4-,5?;/m1./s1. The van der Waals surface area contributed by atoms with Crippen LogP contribution >= 0.6 is 0 Å². The monoisotopic (exact) mass is 347 g/mol. The summed E-state index contributed by atoms with van der Waals surface area (Å²) in [5.41, 5.74) is 0. The van der Waals surface area contributed by atoms with E-state index >= 15 is 0 Å². The first-order valence-corrected chi connectivity index (χ1v) is 2.97. The van der Waals surface area contributed by atoms with Crippen LogP contribution in [0.3, 0.4) is 0 Å². The van der Waals surface area contributed by atoms with Gasteiger partial charge in [-0.05, 0) is 0 Å². The second kappa shape index (κ2) is 4.54. The first kappa shape index (κ1) is 11.5. The number of hydrogen-bond acceptors (Lipinski definition) is 5. The second-order valence-corrected chi connectivity index (χ2v) is 2.27. The molecule has 11 heavy (non-hydrogen) atoms. The van der Waals surface area contributed by atoms with Crippen LogP contribution in [-0.2, 0) is 27.1 Å². The molecule has 1 unspecified atom stereocenters. The van der Waals surface area contributed by atoms with Crippen molar-refractivity contribution >= 4 is 0 Å². The summed E-state index contributed by atoms with van der Waals surface area (Å²) in [4.78, 5) is 0. The van der Waals surface area contributed by atoms with Gasteiger partial charge in [-0.25, -0.2) is 0 Å². The van der Waals surface area contributed by atoms with E-state index in [1.807, 2.05) is 0 Å². The fourth-order valence-electron chi connectivity index (χ4n) is 0.791. The van der Waals surface area contributed by atoms with Crippen LogP contribution < -0.4 is 0 Å². The van der Waals surface area contributed by atoms with E-state index in [0.29, 0.717) is 0 Å². The third kappa shape index (κ3) is 2.50. The van der Waals surface area contributed by atoms with E-state index in [4.69, 9.17) is 20.4 Å². The third-order valence-corrected chi connectivity index (χ3v) is 1.47. The normalized spacial score (nSPS) is 44.7. The Morgan fingerprint density at radius 1 is 1.00 bits per heavy atom. The largest absolute Gasteiger partial charge is 0.388 e. The van der Waals surface area contributed by atoms with Gasteiger partial charge in [-0.3, -0.25) is 0 Å². The molecule has 1 rings (SSSR count). The summed E-state index contributed by atoms with van der Waals surface area (Å²) in [6.45, 7) is -0.153. The van der Waals surface area contributed by atoms with Crippen LogP contribution in [0.1, 0.15) is 0 Å². The molecule has 6 heteroatoms. The molecule has 4 atom stereocenters. The van der Waals surface area contributed by atoms with Crippen molar-refractivity contribution in [2.24, 2.45) is 0 Å². The number of rotatable bonds is 0. The first-order chi connectivity index (χ1) is 4.63. The van der Waals surface area contributed by atoms with E-state index in [-0.39, 0.29) is 29.0 Å². The molecule has 0 bridgehead atoms. The van der Waals surface area contributed by atoms with Crippen molar-refractivity contribution in [2.75, 3.05) is 6.61 Å². The van der Waals surface area contributed by atoms with Gasteiger partial charge in [0.05, 0.1) is 6.61 Å².